The van der Waals surface area contributed by atoms with Crippen molar-refractivity contribution in [1.82, 2.24) is 5.32 Å². The number of sulfonamides is 1. The fraction of sp³-hybridized carbons (Fsp3) is 0.240. The van der Waals surface area contributed by atoms with Gasteiger partial charge in [0.1, 0.15) is 6.54 Å². The molecule has 3 aromatic rings. The number of rotatable bonds is 10. The highest BCUT2D eigenvalue weighted by Gasteiger charge is 2.28. The minimum Gasteiger partial charge on any atom is -0.493 e. The molecular weight excluding hydrogens is 476 g/mol. The molecule has 1 atom stereocenters. The van der Waals surface area contributed by atoms with E-state index in [0.29, 0.717) is 28.6 Å². The van der Waals surface area contributed by atoms with Crippen molar-refractivity contribution in [2.45, 2.75) is 24.3 Å². The zero-order valence-corrected chi connectivity index (χ0v) is 20.8. The van der Waals surface area contributed by atoms with Gasteiger partial charge in [0, 0.05) is 5.02 Å². The smallest absolute Gasteiger partial charge is 0.264 e. The first-order valence-corrected chi connectivity index (χ1v) is 12.5. The summed E-state index contributed by atoms with van der Waals surface area (Å²) in [6.45, 7) is 1.54. The third kappa shape index (κ3) is 5.81. The summed E-state index contributed by atoms with van der Waals surface area (Å²) in [6, 6.07) is 19.4. The van der Waals surface area contributed by atoms with Gasteiger partial charge in [0.2, 0.25) is 5.91 Å². The Labute approximate surface area is 205 Å². The van der Waals surface area contributed by atoms with Crippen LogP contribution in [0.3, 0.4) is 0 Å². The maximum Gasteiger partial charge on any atom is 0.264 e. The molecule has 1 amide bonds. The van der Waals surface area contributed by atoms with Crippen LogP contribution in [0.1, 0.15) is 24.9 Å². The van der Waals surface area contributed by atoms with E-state index in [1.54, 1.807) is 56.7 Å². The molecule has 1 N–H and O–H groups in total. The molecule has 0 spiro atoms. The highest BCUT2D eigenvalue weighted by atomic mass is 35.5. The average Bonchev–Trinajstić information content (AvgIpc) is 2.86. The summed E-state index contributed by atoms with van der Waals surface area (Å²) >= 11 is 5.93. The van der Waals surface area contributed by atoms with Crippen molar-refractivity contribution >= 4 is 33.2 Å². The zero-order chi connectivity index (χ0) is 24.7. The number of nitrogens with zero attached hydrogens (tertiary/aromatic N) is 1. The van der Waals surface area contributed by atoms with E-state index in [0.717, 1.165) is 9.87 Å². The van der Waals surface area contributed by atoms with E-state index in [9.17, 15) is 13.2 Å². The number of hydrogen-bond acceptors (Lipinski definition) is 5. The fourth-order valence-electron chi connectivity index (χ4n) is 3.50. The Morgan fingerprint density at radius 2 is 1.62 bits per heavy atom. The van der Waals surface area contributed by atoms with Crippen molar-refractivity contribution in [2.75, 3.05) is 25.1 Å². The summed E-state index contributed by atoms with van der Waals surface area (Å²) in [5, 5.41) is 3.36. The summed E-state index contributed by atoms with van der Waals surface area (Å²) in [5.74, 6) is 0.684. The summed E-state index contributed by atoms with van der Waals surface area (Å²) in [6.07, 6.45) is 0.594. The van der Waals surface area contributed by atoms with Crippen LogP contribution >= 0.6 is 11.6 Å². The van der Waals surface area contributed by atoms with Gasteiger partial charge in [-0.2, -0.15) is 0 Å². The first-order valence-electron chi connectivity index (χ1n) is 10.6. The number of nitrogens with one attached hydrogen (secondary N) is 1. The molecule has 0 saturated heterocycles. The average molecular weight is 503 g/mol. The van der Waals surface area contributed by atoms with E-state index in [1.807, 2.05) is 13.0 Å². The largest absolute Gasteiger partial charge is 0.493 e. The number of hydrogen-bond donors (Lipinski definition) is 1. The molecule has 3 rings (SSSR count). The predicted molar refractivity (Wildman–Crippen MR) is 133 cm³/mol. The second-order valence-corrected chi connectivity index (χ2v) is 9.74. The van der Waals surface area contributed by atoms with E-state index in [4.69, 9.17) is 21.1 Å². The predicted octanol–water partition coefficient (Wildman–Crippen LogP) is 4.82. The van der Waals surface area contributed by atoms with Crippen LogP contribution in [-0.2, 0) is 14.8 Å². The molecule has 180 valence electrons. The van der Waals surface area contributed by atoms with Crippen LogP contribution in [-0.4, -0.2) is 35.1 Å². The molecule has 0 aliphatic carbocycles. The van der Waals surface area contributed by atoms with Crippen LogP contribution in [0.4, 0.5) is 5.69 Å². The quantitative estimate of drug-likeness (QED) is 0.429. The molecule has 0 heterocycles. The van der Waals surface area contributed by atoms with Gasteiger partial charge < -0.3 is 14.8 Å². The number of methoxy groups -OCH3 is 2. The number of ether oxygens (including phenoxy) is 2. The summed E-state index contributed by atoms with van der Waals surface area (Å²) < 4.78 is 38.6. The molecule has 0 aliphatic heterocycles. The third-order valence-corrected chi connectivity index (χ3v) is 7.33. The van der Waals surface area contributed by atoms with Crippen molar-refractivity contribution in [3.63, 3.8) is 0 Å². The van der Waals surface area contributed by atoms with Crippen LogP contribution < -0.4 is 19.1 Å². The van der Waals surface area contributed by atoms with Crippen LogP contribution in [0.5, 0.6) is 11.5 Å². The van der Waals surface area contributed by atoms with Crippen LogP contribution in [0.15, 0.2) is 77.7 Å². The summed E-state index contributed by atoms with van der Waals surface area (Å²) in [5.41, 5.74) is 1.20. The SMILES string of the molecule is CCC(NC(=O)CN(c1ccccc1)S(=O)(=O)c1ccc(Cl)cc1)c1ccc(OC)c(OC)c1. The summed E-state index contributed by atoms with van der Waals surface area (Å²) in [7, 11) is -0.922. The standard InChI is InChI=1S/C25H27ClN2O5S/c1-4-22(18-10-15-23(32-2)24(16-18)33-3)27-25(29)17-28(20-8-6-5-7-9-20)34(30,31)21-13-11-19(26)12-14-21/h5-16,22H,4,17H2,1-3H3,(H,27,29). The molecule has 9 heteroatoms. The number of halogens is 1. The third-order valence-electron chi connectivity index (χ3n) is 5.29. The van der Waals surface area contributed by atoms with Gasteiger partial charge in [0.05, 0.1) is 30.8 Å². The number of benzene rings is 3. The van der Waals surface area contributed by atoms with Gasteiger partial charge in [0.25, 0.3) is 10.0 Å². The zero-order valence-electron chi connectivity index (χ0n) is 19.2. The Hall–Kier alpha value is -3.23. The van der Waals surface area contributed by atoms with E-state index in [2.05, 4.69) is 5.32 Å². The molecular formula is C25H27ClN2O5S. The van der Waals surface area contributed by atoms with Gasteiger partial charge in [0.15, 0.2) is 11.5 Å². The minimum absolute atomic E-state index is 0.0421. The van der Waals surface area contributed by atoms with Gasteiger partial charge in [-0.3, -0.25) is 9.10 Å². The lowest BCUT2D eigenvalue weighted by Crippen LogP contribution is -2.42. The molecule has 0 radical (unpaired) electrons. The van der Waals surface area contributed by atoms with Crippen molar-refractivity contribution in [3.8, 4) is 11.5 Å². The van der Waals surface area contributed by atoms with Crippen LogP contribution in [0, 0.1) is 0 Å². The van der Waals surface area contributed by atoms with Gasteiger partial charge in [-0.25, -0.2) is 8.42 Å². The van der Waals surface area contributed by atoms with Crippen LogP contribution in [0.2, 0.25) is 5.02 Å². The first-order chi connectivity index (χ1) is 16.3. The van der Waals surface area contributed by atoms with Gasteiger partial charge in [-0.15, -0.1) is 0 Å². The molecule has 7 nitrogen and oxygen atoms in total. The number of anilines is 1. The minimum atomic E-state index is -4.02. The maximum atomic E-state index is 13.4. The monoisotopic (exact) mass is 502 g/mol. The molecule has 0 aromatic heterocycles. The van der Waals surface area contributed by atoms with Crippen LogP contribution in [0.25, 0.3) is 0 Å². The van der Waals surface area contributed by atoms with E-state index >= 15 is 0 Å². The number of carbonyl (C=O) groups excluding carboxylic acids is 1. The molecule has 3 aromatic carbocycles. The van der Waals surface area contributed by atoms with Crippen molar-refractivity contribution in [2.24, 2.45) is 0 Å². The van der Waals surface area contributed by atoms with Crippen molar-refractivity contribution in [1.29, 1.82) is 0 Å². The Balaban J connectivity index is 1.88. The summed E-state index contributed by atoms with van der Waals surface area (Å²) in [4.78, 5) is 13.1. The van der Waals surface area contributed by atoms with Crippen molar-refractivity contribution in [3.05, 3.63) is 83.4 Å². The number of para-hydroxylation sites is 1. The molecule has 34 heavy (non-hydrogen) atoms. The molecule has 0 saturated carbocycles. The lowest BCUT2D eigenvalue weighted by Gasteiger charge is -2.26. The molecule has 0 aliphatic rings. The van der Waals surface area contributed by atoms with Gasteiger partial charge >= 0.3 is 0 Å². The molecule has 0 fully saturated rings. The molecule has 1 unspecified atom stereocenters. The topological polar surface area (TPSA) is 84.9 Å². The van der Waals surface area contributed by atoms with E-state index in [-0.39, 0.29) is 10.9 Å². The second-order valence-electron chi connectivity index (χ2n) is 7.44. The van der Waals surface area contributed by atoms with Gasteiger partial charge in [-0.1, -0.05) is 42.8 Å². The van der Waals surface area contributed by atoms with E-state index < -0.39 is 22.5 Å². The lowest BCUT2D eigenvalue weighted by atomic mass is 10.0. The highest BCUT2D eigenvalue weighted by Crippen LogP contribution is 2.31. The van der Waals surface area contributed by atoms with Gasteiger partial charge in [-0.05, 0) is 60.5 Å². The Bertz CT molecular complexity index is 1220. The van der Waals surface area contributed by atoms with E-state index in [1.165, 1.54) is 24.3 Å². The number of amides is 1. The number of carbonyl (C=O) groups is 1. The Morgan fingerprint density at radius 3 is 2.21 bits per heavy atom. The fourth-order valence-corrected chi connectivity index (χ4v) is 5.05. The first kappa shape index (κ1) is 25.4. The maximum absolute atomic E-state index is 13.4. The second kappa shape index (κ2) is 11.3. The highest BCUT2D eigenvalue weighted by molar-refractivity contribution is 7.92. The molecule has 0 bridgehead atoms. The normalized spacial score (nSPS) is 12.0. The Kier molecular flexibility index (Phi) is 8.41. The lowest BCUT2D eigenvalue weighted by molar-refractivity contribution is -0.120. The van der Waals surface area contributed by atoms with Crippen molar-refractivity contribution < 1.29 is 22.7 Å². The Morgan fingerprint density at radius 1 is 0.971 bits per heavy atom.